The van der Waals surface area contributed by atoms with Crippen molar-refractivity contribution in [2.24, 2.45) is 0 Å². The maximum atomic E-state index is 9.10. The van der Waals surface area contributed by atoms with Gasteiger partial charge in [0.15, 0.2) is 17.2 Å². The molecule has 0 spiro atoms. The number of methoxy groups -OCH3 is 1. The molecule has 0 aliphatic carbocycles. The average Bonchev–Trinajstić information content (AvgIpc) is 2.16. The molecule has 0 aliphatic rings. The summed E-state index contributed by atoms with van der Waals surface area (Å²) in [5.41, 5.74) is 0.824. The minimum absolute atomic E-state index is 0.265. The molecule has 1 aromatic carbocycles. The Morgan fingerprint density at radius 1 is 1.07 bits per heavy atom. The first-order valence-corrected chi connectivity index (χ1v) is 4.70. The molecular weight excluding hydrogens is 196 g/mol. The fraction of sp³-hybridized carbons (Fsp3) is 0.455. The highest BCUT2D eigenvalue weighted by Gasteiger charge is 2.06. The summed E-state index contributed by atoms with van der Waals surface area (Å²) < 4.78 is 4.25. The number of rotatable bonds is 2. The van der Waals surface area contributed by atoms with Gasteiger partial charge in [0.1, 0.15) is 0 Å². The van der Waals surface area contributed by atoms with Crippen molar-refractivity contribution >= 4 is 0 Å². The molecule has 86 valence electrons. The third kappa shape index (κ3) is 4.56. The van der Waals surface area contributed by atoms with Gasteiger partial charge < -0.3 is 20.1 Å². The monoisotopic (exact) mass is 214 g/mol. The third-order valence-corrected chi connectivity index (χ3v) is 1.67. The van der Waals surface area contributed by atoms with Gasteiger partial charge in [-0.1, -0.05) is 13.3 Å². The minimum atomic E-state index is -0.449. The average molecular weight is 214 g/mol. The molecule has 0 saturated heterocycles. The summed E-state index contributed by atoms with van der Waals surface area (Å²) in [6.07, 6.45) is 1.71. The van der Waals surface area contributed by atoms with Gasteiger partial charge in [-0.25, -0.2) is 0 Å². The second kappa shape index (κ2) is 6.95. The standard InChI is InChI=1S/C9H12O3.C2H6O/c1-2-3-6-4-7(10)9(12)8(11)5-6;1-3-2/h4-5,10-12H,2-3H2,1H3;1-2H3. The maximum absolute atomic E-state index is 9.10. The van der Waals surface area contributed by atoms with Crippen LogP contribution in [0.2, 0.25) is 0 Å². The van der Waals surface area contributed by atoms with Crippen LogP contribution < -0.4 is 0 Å². The fourth-order valence-corrected chi connectivity index (χ4v) is 1.09. The van der Waals surface area contributed by atoms with Crippen molar-refractivity contribution in [1.29, 1.82) is 0 Å². The van der Waals surface area contributed by atoms with E-state index in [-0.39, 0.29) is 11.5 Å². The topological polar surface area (TPSA) is 69.9 Å². The Bertz CT molecular complexity index is 274. The lowest BCUT2D eigenvalue weighted by Gasteiger charge is -2.03. The Morgan fingerprint density at radius 2 is 1.47 bits per heavy atom. The summed E-state index contributed by atoms with van der Waals surface area (Å²) in [5, 5.41) is 27.2. The van der Waals surface area contributed by atoms with Gasteiger partial charge >= 0.3 is 0 Å². The number of phenolic OH excluding ortho intramolecular Hbond substituents is 3. The Morgan fingerprint density at radius 3 is 1.80 bits per heavy atom. The van der Waals surface area contributed by atoms with Gasteiger partial charge in [0.05, 0.1) is 0 Å². The van der Waals surface area contributed by atoms with Crippen LogP contribution in [-0.2, 0) is 11.2 Å². The van der Waals surface area contributed by atoms with E-state index in [1.807, 2.05) is 6.92 Å². The summed E-state index contributed by atoms with van der Waals surface area (Å²) in [6.45, 7) is 2.00. The van der Waals surface area contributed by atoms with E-state index in [2.05, 4.69) is 4.74 Å². The van der Waals surface area contributed by atoms with Crippen molar-refractivity contribution < 1.29 is 20.1 Å². The molecular formula is C11H18O4. The summed E-state index contributed by atoms with van der Waals surface area (Å²) in [4.78, 5) is 0. The predicted molar refractivity (Wildman–Crippen MR) is 58.4 cm³/mol. The van der Waals surface area contributed by atoms with Gasteiger partial charge in [-0.05, 0) is 24.1 Å². The van der Waals surface area contributed by atoms with Crippen LogP contribution >= 0.6 is 0 Å². The SMILES string of the molecule is CCCc1cc(O)c(O)c(O)c1.COC. The second-order valence-electron chi connectivity index (χ2n) is 3.14. The minimum Gasteiger partial charge on any atom is -0.504 e. The molecule has 0 bridgehead atoms. The van der Waals surface area contributed by atoms with E-state index >= 15 is 0 Å². The number of benzene rings is 1. The van der Waals surface area contributed by atoms with Crippen molar-refractivity contribution in [3.8, 4) is 17.2 Å². The van der Waals surface area contributed by atoms with Crippen LogP contribution in [0.3, 0.4) is 0 Å². The van der Waals surface area contributed by atoms with E-state index in [1.54, 1.807) is 14.2 Å². The van der Waals surface area contributed by atoms with Crippen LogP contribution in [0, 0.1) is 0 Å². The first-order chi connectivity index (χ1) is 7.06. The van der Waals surface area contributed by atoms with Crippen LogP contribution in [0.4, 0.5) is 0 Å². The lowest BCUT2D eigenvalue weighted by Crippen LogP contribution is -1.82. The quantitative estimate of drug-likeness (QED) is 0.659. The molecule has 0 aliphatic heterocycles. The Hall–Kier alpha value is -1.42. The summed E-state index contributed by atoms with van der Waals surface area (Å²) in [6, 6.07) is 2.91. The van der Waals surface area contributed by atoms with E-state index in [9.17, 15) is 0 Å². The number of hydrogen-bond acceptors (Lipinski definition) is 4. The molecule has 1 rings (SSSR count). The van der Waals surface area contributed by atoms with Gasteiger partial charge in [0.2, 0.25) is 0 Å². The van der Waals surface area contributed by atoms with Crippen LogP contribution in [0.15, 0.2) is 12.1 Å². The van der Waals surface area contributed by atoms with E-state index in [4.69, 9.17) is 15.3 Å². The molecule has 0 radical (unpaired) electrons. The number of aryl methyl sites for hydroxylation is 1. The first kappa shape index (κ1) is 13.6. The van der Waals surface area contributed by atoms with Gasteiger partial charge in [-0.3, -0.25) is 0 Å². The Kier molecular flexibility index (Phi) is 6.29. The largest absolute Gasteiger partial charge is 0.504 e. The first-order valence-electron chi connectivity index (χ1n) is 4.70. The molecule has 15 heavy (non-hydrogen) atoms. The van der Waals surface area contributed by atoms with Gasteiger partial charge in [-0.2, -0.15) is 0 Å². The maximum Gasteiger partial charge on any atom is 0.200 e. The van der Waals surface area contributed by atoms with Crippen LogP contribution in [0.1, 0.15) is 18.9 Å². The number of hydrogen-bond donors (Lipinski definition) is 3. The van der Waals surface area contributed by atoms with Crippen molar-refractivity contribution in [2.45, 2.75) is 19.8 Å². The fourth-order valence-electron chi connectivity index (χ4n) is 1.09. The van der Waals surface area contributed by atoms with Crippen LogP contribution in [0.25, 0.3) is 0 Å². The molecule has 4 heteroatoms. The van der Waals surface area contributed by atoms with Gasteiger partial charge in [0.25, 0.3) is 0 Å². The van der Waals surface area contributed by atoms with E-state index in [1.165, 1.54) is 12.1 Å². The van der Waals surface area contributed by atoms with Gasteiger partial charge in [-0.15, -0.1) is 0 Å². The summed E-state index contributed by atoms with van der Waals surface area (Å²) >= 11 is 0. The molecule has 0 saturated carbocycles. The van der Waals surface area contributed by atoms with E-state index < -0.39 is 5.75 Å². The number of phenols is 3. The highest BCUT2D eigenvalue weighted by molar-refractivity contribution is 5.51. The zero-order chi connectivity index (χ0) is 11.8. The zero-order valence-electron chi connectivity index (χ0n) is 9.32. The Balaban J connectivity index is 0.000000583. The molecule has 0 amide bonds. The van der Waals surface area contributed by atoms with Crippen molar-refractivity contribution in [2.75, 3.05) is 14.2 Å². The normalized spacial score (nSPS) is 9.27. The second-order valence-corrected chi connectivity index (χ2v) is 3.14. The van der Waals surface area contributed by atoms with Crippen LogP contribution in [0.5, 0.6) is 17.2 Å². The molecule has 1 aromatic rings. The van der Waals surface area contributed by atoms with E-state index in [0.717, 1.165) is 18.4 Å². The molecule has 4 nitrogen and oxygen atoms in total. The third-order valence-electron chi connectivity index (χ3n) is 1.67. The lowest BCUT2D eigenvalue weighted by atomic mass is 10.1. The highest BCUT2D eigenvalue weighted by Crippen LogP contribution is 2.35. The molecule has 0 heterocycles. The smallest absolute Gasteiger partial charge is 0.200 e. The molecule has 0 aromatic heterocycles. The van der Waals surface area contributed by atoms with Crippen LogP contribution in [-0.4, -0.2) is 29.5 Å². The number of ether oxygens (including phenoxy) is 1. The van der Waals surface area contributed by atoms with Gasteiger partial charge in [0, 0.05) is 14.2 Å². The Labute approximate surface area is 89.8 Å². The molecule has 0 fully saturated rings. The number of aromatic hydroxyl groups is 3. The molecule has 3 N–H and O–H groups in total. The zero-order valence-corrected chi connectivity index (χ0v) is 9.32. The molecule has 0 atom stereocenters. The van der Waals surface area contributed by atoms with Crippen molar-refractivity contribution in [3.05, 3.63) is 17.7 Å². The highest BCUT2D eigenvalue weighted by atomic mass is 16.4. The summed E-state index contributed by atoms with van der Waals surface area (Å²) in [5.74, 6) is -0.980. The summed E-state index contributed by atoms with van der Waals surface area (Å²) in [7, 11) is 3.25. The van der Waals surface area contributed by atoms with Crippen molar-refractivity contribution in [3.63, 3.8) is 0 Å². The lowest BCUT2D eigenvalue weighted by molar-refractivity contribution is 0.277. The van der Waals surface area contributed by atoms with E-state index in [0.29, 0.717) is 0 Å². The molecule has 0 unspecified atom stereocenters. The predicted octanol–water partition coefficient (Wildman–Crippen LogP) is 2.02. The van der Waals surface area contributed by atoms with Crippen molar-refractivity contribution in [1.82, 2.24) is 0 Å².